The van der Waals surface area contributed by atoms with Gasteiger partial charge in [0.15, 0.2) is 5.76 Å². The van der Waals surface area contributed by atoms with Crippen LogP contribution >= 0.6 is 11.6 Å². The number of aromatic carboxylic acids is 1. The summed E-state index contributed by atoms with van der Waals surface area (Å²) in [5, 5.41) is 24.2. The molecule has 0 fully saturated rings. The first-order valence-corrected chi connectivity index (χ1v) is 7.90. The number of nitrogens with zero attached hydrogens (tertiary/aromatic N) is 1. The first-order chi connectivity index (χ1) is 12.8. The Morgan fingerprint density at radius 2 is 1.74 bits per heavy atom. The van der Waals surface area contributed by atoms with Crippen LogP contribution in [0.3, 0.4) is 0 Å². The summed E-state index contributed by atoms with van der Waals surface area (Å²) >= 11 is 6.05. The fourth-order valence-electron chi connectivity index (χ4n) is 2.30. The molecule has 1 aromatic heterocycles. The molecule has 0 aliphatic carbocycles. The molecule has 0 radical (unpaired) electrons. The van der Waals surface area contributed by atoms with Crippen molar-refractivity contribution in [2.24, 2.45) is 0 Å². The SMILES string of the molecule is O=C([O-])c1ccc(NC(=O)c2ccc(-c3ccc([N+](=O)[O-])cc3Cl)o2)cc1. The number of carbonyl (C=O) groups is 2. The summed E-state index contributed by atoms with van der Waals surface area (Å²) in [5.74, 6) is -1.61. The van der Waals surface area contributed by atoms with Crippen LogP contribution in [0.5, 0.6) is 0 Å². The number of nitrogens with one attached hydrogen (secondary N) is 1. The number of amides is 1. The number of halogens is 1. The van der Waals surface area contributed by atoms with Crippen molar-refractivity contribution in [3.8, 4) is 11.3 Å². The lowest BCUT2D eigenvalue weighted by Gasteiger charge is -2.06. The standard InChI is InChI=1S/C18H11ClN2O6/c19-14-9-12(21(25)26)5-6-13(14)15-7-8-16(27-15)17(22)20-11-3-1-10(2-4-11)18(23)24/h1-9H,(H,20,22)(H,23,24)/p-1. The maximum Gasteiger partial charge on any atom is 0.291 e. The normalized spacial score (nSPS) is 10.4. The van der Waals surface area contributed by atoms with Gasteiger partial charge in [-0.3, -0.25) is 14.9 Å². The molecule has 1 N–H and O–H groups in total. The molecular weight excluding hydrogens is 376 g/mol. The number of rotatable bonds is 5. The number of nitro benzene ring substituents is 1. The molecule has 0 bridgehead atoms. The summed E-state index contributed by atoms with van der Waals surface area (Å²) in [6.45, 7) is 0. The highest BCUT2D eigenvalue weighted by Crippen LogP contribution is 2.32. The highest BCUT2D eigenvalue weighted by molar-refractivity contribution is 6.33. The number of carbonyl (C=O) groups excluding carboxylic acids is 2. The summed E-state index contributed by atoms with van der Waals surface area (Å²) in [7, 11) is 0. The van der Waals surface area contributed by atoms with Crippen LogP contribution in [-0.4, -0.2) is 16.8 Å². The van der Waals surface area contributed by atoms with E-state index in [2.05, 4.69) is 5.32 Å². The lowest BCUT2D eigenvalue weighted by Crippen LogP contribution is -2.22. The zero-order valence-corrected chi connectivity index (χ0v) is 14.2. The third-order valence-electron chi connectivity index (χ3n) is 3.64. The second kappa shape index (κ2) is 7.30. The highest BCUT2D eigenvalue weighted by atomic mass is 35.5. The van der Waals surface area contributed by atoms with Crippen molar-refractivity contribution >= 4 is 34.9 Å². The first kappa shape index (κ1) is 18.2. The van der Waals surface area contributed by atoms with Gasteiger partial charge >= 0.3 is 0 Å². The predicted octanol–water partition coefficient (Wildman–Crippen LogP) is 3.12. The number of hydrogen-bond donors (Lipinski definition) is 1. The third-order valence-corrected chi connectivity index (χ3v) is 3.95. The van der Waals surface area contributed by atoms with E-state index in [1.54, 1.807) is 0 Å². The number of anilines is 1. The molecule has 136 valence electrons. The predicted molar refractivity (Wildman–Crippen MR) is 94.5 cm³/mol. The first-order valence-electron chi connectivity index (χ1n) is 7.52. The Labute approximate surface area is 157 Å². The van der Waals surface area contributed by atoms with Gasteiger partial charge in [0.05, 0.1) is 15.9 Å². The summed E-state index contributed by atoms with van der Waals surface area (Å²) in [6.07, 6.45) is 0. The van der Waals surface area contributed by atoms with Crippen LogP contribution in [0.25, 0.3) is 11.3 Å². The van der Waals surface area contributed by atoms with E-state index in [4.69, 9.17) is 16.0 Å². The van der Waals surface area contributed by atoms with Crippen molar-refractivity contribution < 1.29 is 24.0 Å². The average molecular weight is 386 g/mol. The fourth-order valence-corrected chi connectivity index (χ4v) is 2.57. The summed E-state index contributed by atoms with van der Waals surface area (Å²) in [4.78, 5) is 33.2. The monoisotopic (exact) mass is 385 g/mol. The molecule has 0 spiro atoms. The second-order valence-corrected chi connectivity index (χ2v) is 5.81. The molecule has 0 aliphatic rings. The number of furan rings is 1. The minimum Gasteiger partial charge on any atom is -0.545 e. The number of benzene rings is 2. The molecule has 0 aliphatic heterocycles. The molecule has 1 heterocycles. The van der Waals surface area contributed by atoms with Crippen LogP contribution in [0.4, 0.5) is 11.4 Å². The Balaban J connectivity index is 1.78. The number of carboxylic acid groups (broad SMARTS) is 1. The number of nitro groups is 1. The lowest BCUT2D eigenvalue weighted by atomic mass is 10.1. The molecular formula is C18H10ClN2O6-. The summed E-state index contributed by atoms with van der Waals surface area (Å²) < 4.78 is 5.48. The van der Waals surface area contributed by atoms with Crippen molar-refractivity contribution in [2.45, 2.75) is 0 Å². The number of carboxylic acids is 1. The van der Waals surface area contributed by atoms with Crippen LogP contribution in [0.1, 0.15) is 20.9 Å². The van der Waals surface area contributed by atoms with Crippen molar-refractivity contribution in [2.75, 3.05) is 5.32 Å². The quantitative estimate of drug-likeness (QED) is 0.531. The van der Waals surface area contributed by atoms with Gasteiger partial charge in [-0.1, -0.05) is 23.7 Å². The van der Waals surface area contributed by atoms with Gasteiger partial charge in [-0.15, -0.1) is 0 Å². The third kappa shape index (κ3) is 3.96. The van der Waals surface area contributed by atoms with Gasteiger partial charge in [0, 0.05) is 23.4 Å². The zero-order valence-electron chi connectivity index (χ0n) is 13.5. The topological polar surface area (TPSA) is 126 Å². The van der Waals surface area contributed by atoms with Crippen LogP contribution in [0.15, 0.2) is 59.0 Å². The molecule has 0 unspecified atom stereocenters. The Morgan fingerprint density at radius 3 is 2.33 bits per heavy atom. The molecule has 9 heteroatoms. The molecule has 3 aromatic rings. The smallest absolute Gasteiger partial charge is 0.291 e. The molecule has 0 saturated carbocycles. The zero-order chi connectivity index (χ0) is 19.6. The minimum atomic E-state index is -1.32. The van der Waals surface area contributed by atoms with E-state index < -0.39 is 16.8 Å². The maximum absolute atomic E-state index is 12.3. The van der Waals surface area contributed by atoms with Gasteiger partial charge in [-0.25, -0.2) is 0 Å². The van der Waals surface area contributed by atoms with Crippen LogP contribution < -0.4 is 10.4 Å². The van der Waals surface area contributed by atoms with Gasteiger partial charge in [0.25, 0.3) is 11.6 Å². The van der Waals surface area contributed by atoms with E-state index in [0.717, 1.165) is 0 Å². The highest BCUT2D eigenvalue weighted by Gasteiger charge is 2.16. The van der Waals surface area contributed by atoms with E-state index in [9.17, 15) is 24.8 Å². The van der Waals surface area contributed by atoms with Gasteiger partial charge in [0.2, 0.25) is 0 Å². The molecule has 8 nitrogen and oxygen atoms in total. The van der Waals surface area contributed by atoms with E-state index in [0.29, 0.717) is 11.3 Å². The molecule has 27 heavy (non-hydrogen) atoms. The van der Waals surface area contributed by atoms with Crippen molar-refractivity contribution in [3.05, 3.63) is 81.1 Å². The average Bonchev–Trinajstić information content (AvgIpc) is 3.12. The number of hydrogen-bond acceptors (Lipinski definition) is 6. The van der Waals surface area contributed by atoms with Crippen LogP contribution in [0.2, 0.25) is 5.02 Å². The maximum atomic E-state index is 12.3. The molecule has 0 atom stereocenters. The molecule has 3 rings (SSSR count). The summed E-state index contributed by atoms with van der Waals surface area (Å²) in [5.41, 5.74) is 0.602. The van der Waals surface area contributed by atoms with Crippen molar-refractivity contribution in [3.63, 3.8) is 0 Å². The van der Waals surface area contributed by atoms with Crippen molar-refractivity contribution in [1.29, 1.82) is 0 Å². The van der Waals surface area contributed by atoms with Gasteiger partial charge in [-0.05, 0) is 35.9 Å². The Kier molecular flexibility index (Phi) is 4.91. The van der Waals surface area contributed by atoms with E-state index in [1.165, 1.54) is 54.6 Å². The van der Waals surface area contributed by atoms with Gasteiger partial charge in [0.1, 0.15) is 5.76 Å². The van der Waals surface area contributed by atoms with Crippen LogP contribution in [-0.2, 0) is 0 Å². The molecule has 1 amide bonds. The second-order valence-electron chi connectivity index (χ2n) is 5.40. The van der Waals surface area contributed by atoms with Gasteiger partial charge < -0.3 is 19.6 Å². The van der Waals surface area contributed by atoms with Crippen LogP contribution in [0, 0.1) is 10.1 Å². The Morgan fingerprint density at radius 1 is 1.04 bits per heavy atom. The molecule has 0 saturated heterocycles. The van der Waals surface area contributed by atoms with E-state index in [-0.39, 0.29) is 27.8 Å². The van der Waals surface area contributed by atoms with E-state index in [1.807, 2.05) is 0 Å². The Hall–Kier alpha value is -3.65. The summed E-state index contributed by atoms with van der Waals surface area (Å²) in [6, 6.07) is 12.3. The van der Waals surface area contributed by atoms with Crippen molar-refractivity contribution in [1.82, 2.24) is 0 Å². The lowest BCUT2D eigenvalue weighted by molar-refractivity contribution is -0.384. The fraction of sp³-hybridized carbons (Fsp3) is 0. The van der Waals surface area contributed by atoms with Gasteiger partial charge in [-0.2, -0.15) is 0 Å². The largest absolute Gasteiger partial charge is 0.545 e. The number of non-ortho nitro benzene ring substituents is 1. The minimum absolute atomic E-state index is 0.0107. The molecule has 2 aromatic carbocycles. The Bertz CT molecular complexity index is 1040. The van der Waals surface area contributed by atoms with E-state index >= 15 is 0 Å².